The molecule has 11 heteroatoms. The van der Waals surface area contributed by atoms with E-state index in [0.29, 0.717) is 38.1 Å². The summed E-state index contributed by atoms with van der Waals surface area (Å²) in [7, 11) is 3.38. The number of hydrogen-bond acceptors (Lipinski definition) is 4. The lowest BCUT2D eigenvalue weighted by molar-refractivity contribution is -0.148. The Bertz CT molecular complexity index is 647. The Balaban J connectivity index is 0.00000450. The van der Waals surface area contributed by atoms with Crippen LogP contribution in [0.25, 0.3) is 0 Å². The third-order valence-electron chi connectivity index (χ3n) is 4.84. The van der Waals surface area contributed by atoms with Gasteiger partial charge in [-0.15, -0.1) is 35.3 Å². The summed E-state index contributed by atoms with van der Waals surface area (Å²) in [6, 6.07) is 4.00. The molecule has 1 aromatic rings. The first kappa shape index (κ1) is 27.0. The molecule has 1 aliphatic rings. The number of alkyl halides is 3. The first-order valence-electron chi connectivity index (χ1n) is 9.77. The molecule has 0 unspecified atom stereocenters. The molecule has 2 rings (SSSR count). The second-order valence-corrected chi connectivity index (χ2v) is 8.47. The average Bonchev–Trinajstić information content (AvgIpc) is 3.16. The van der Waals surface area contributed by atoms with Gasteiger partial charge in [0.1, 0.15) is 6.54 Å². The van der Waals surface area contributed by atoms with E-state index < -0.39 is 12.7 Å². The molecule has 0 atom stereocenters. The van der Waals surface area contributed by atoms with Gasteiger partial charge in [0.15, 0.2) is 5.96 Å². The molecule has 2 heterocycles. The summed E-state index contributed by atoms with van der Waals surface area (Å²) in [4.78, 5) is 20.3. The van der Waals surface area contributed by atoms with Gasteiger partial charge in [0.25, 0.3) is 0 Å². The van der Waals surface area contributed by atoms with E-state index in [9.17, 15) is 18.0 Å². The zero-order valence-corrected chi connectivity index (χ0v) is 20.5. The molecule has 6 nitrogen and oxygen atoms in total. The predicted octanol–water partition coefficient (Wildman–Crippen LogP) is 3.15. The molecule has 1 saturated heterocycles. The monoisotopic (exact) mass is 561 g/mol. The highest BCUT2D eigenvalue weighted by molar-refractivity contribution is 14.0. The van der Waals surface area contributed by atoms with Crippen LogP contribution in [0.5, 0.6) is 0 Å². The number of likely N-dealkylation sites (N-methyl/N-ethyl adjacent to an activating group) is 1. The fourth-order valence-electron chi connectivity index (χ4n) is 3.13. The number of thiophene rings is 1. The maximum absolute atomic E-state index is 12.5. The number of nitrogens with one attached hydrogen (secondary N) is 2. The predicted molar refractivity (Wildman–Crippen MR) is 125 cm³/mol. The third kappa shape index (κ3) is 10.8. The number of carbonyl (C=O) groups is 1. The van der Waals surface area contributed by atoms with E-state index in [2.05, 4.69) is 15.6 Å². The SMILES string of the molecule is CN(C)C(=O)CN=C(NCCC1CCN(CC(F)(F)F)CC1)NCc1cccs1.I. The Labute approximate surface area is 197 Å². The maximum Gasteiger partial charge on any atom is 0.401 e. The number of hydrogen-bond donors (Lipinski definition) is 2. The van der Waals surface area contributed by atoms with Crippen LogP contribution in [0.4, 0.5) is 13.2 Å². The molecular formula is C19H31F3IN5OS. The van der Waals surface area contributed by atoms with Crippen LogP contribution >= 0.6 is 35.3 Å². The first-order chi connectivity index (χ1) is 13.7. The lowest BCUT2D eigenvalue weighted by atomic mass is 9.93. The Morgan fingerprint density at radius 3 is 2.57 bits per heavy atom. The molecule has 0 bridgehead atoms. The molecule has 2 N–H and O–H groups in total. The summed E-state index contributed by atoms with van der Waals surface area (Å²) in [5.74, 6) is 0.885. The molecule has 0 radical (unpaired) electrons. The van der Waals surface area contributed by atoms with Crippen molar-refractivity contribution < 1.29 is 18.0 Å². The van der Waals surface area contributed by atoms with Gasteiger partial charge < -0.3 is 15.5 Å². The van der Waals surface area contributed by atoms with Crippen molar-refractivity contribution in [3.8, 4) is 0 Å². The van der Waals surface area contributed by atoms with Crippen molar-refractivity contribution in [1.82, 2.24) is 20.4 Å². The van der Waals surface area contributed by atoms with Crippen molar-refractivity contribution in [2.24, 2.45) is 10.9 Å². The lowest BCUT2D eigenvalue weighted by Gasteiger charge is -2.32. The minimum Gasteiger partial charge on any atom is -0.356 e. The molecule has 1 amide bonds. The average molecular weight is 561 g/mol. The minimum absolute atomic E-state index is 0. The Hall–Kier alpha value is -1.08. The second-order valence-electron chi connectivity index (χ2n) is 7.44. The van der Waals surface area contributed by atoms with Crippen LogP contribution in [0.1, 0.15) is 24.1 Å². The zero-order chi connectivity index (χ0) is 21.3. The van der Waals surface area contributed by atoms with Crippen molar-refractivity contribution in [2.45, 2.75) is 32.0 Å². The summed E-state index contributed by atoms with van der Waals surface area (Å²) in [5.41, 5.74) is 0. The van der Waals surface area contributed by atoms with Crippen molar-refractivity contribution in [3.63, 3.8) is 0 Å². The summed E-state index contributed by atoms with van der Waals surface area (Å²) < 4.78 is 37.5. The Morgan fingerprint density at radius 2 is 2.00 bits per heavy atom. The molecule has 0 aliphatic carbocycles. The van der Waals surface area contributed by atoms with Gasteiger partial charge in [-0.1, -0.05) is 6.07 Å². The topological polar surface area (TPSA) is 60.0 Å². The minimum atomic E-state index is -4.13. The highest BCUT2D eigenvalue weighted by atomic mass is 127. The number of piperidine rings is 1. The number of guanidine groups is 1. The number of carbonyl (C=O) groups excluding carboxylic acids is 1. The highest BCUT2D eigenvalue weighted by Crippen LogP contribution is 2.23. The number of rotatable bonds is 8. The first-order valence-corrected chi connectivity index (χ1v) is 10.6. The lowest BCUT2D eigenvalue weighted by Crippen LogP contribution is -2.41. The quantitative estimate of drug-likeness (QED) is 0.291. The van der Waals surface area contributed by atoms with Gasteiger partial charge in [-0.3, -0.25) is 9.69 Å². The van der Waals surface area contributed by atoms with Gasteiger partial charge in [0, 0.05) is 25.5 Å². The van der Waals surface area contributed by atoms with E-state index in [1.54, 1.807) is 25.4 Å². The highest BCUT2D eigenvalue weighted by Gasteiger charge is 2.32. The van der Waals surface area contributed by atoms with E-state index in [0.717, 1.165) is 24.1 Å². The number of amides is 1. The zero-order valence-electron chi connectivity index (χ0n) is 17.4. The van der Waals surface area contributed by atoms with Crippen LogP contribution in [0.3, 0.4) is 0 Å². The van der Waals surface area contributed by atoms with Crippen molar-refractivity contribution >= 4 is 47.2 Å². The Kier molecular flexibility index (Phi) is 12.0. The maximum atomic E-state index is 12.5. The van der Waals surface area contributed by atoms with E-state index in [4.69, 9.17) is 0 Å². The normalized spacial score (nSPS) is 16.1. The van der Waals surface area contributed by atoms with Crippen molar-refractivity contribution in [1.29, 1.82) is 0 Å². The molecule has 0 saturated carbocycles. The number of halogens is 4. The molecule has 1 aliphatic heterocycles. The van der Waals surface area contributed by atoms with Gasteiger partial charge in [0.2, 0.25) is 5.91 Å². The van der Waals surface area contributed by atoms with Crippen LogP contribution in [0, 0.1) is 5.92 Å². The molecular weight excluding hydrogens is 530 g/mol. The van der Waals surface area contributed by atoms with Crippen LogP contribution < -0.4 is 10.6 Å². The van der Waals surface area contributed by atoms with Gasteiger partial charge in [-0.25, -0.2) is 4.99 Å². The van der Waals surface area contributed by atoms with Gasteiger partial charge >= 0.3 is 6.18 Å². The van der Waals surface area contributed by atoms with Gasteiger partial charge in [-0.2, -0.15) is 13.2 Å². The number of aliphatic imine (C=N–C) groups is 1. The van der Waals surface area contributed by atoms with Gasteiger partial charge in [-0.05, 0) is 49.7 Å². The Morgan fingerprint density at radius 1 is 1.30 bits per heavy atom. The number of likely N-dealkylation sites (tertiary alicyclic amines) is 1. The fourth-order valence-corrected chi connectivity index (χ4v) is 3.77. The van der Waals surface area contributed by atoms with Crippen molar-refractivity contribution in [3.05, 3.63) is 22.4 Å². The van der Waals surface area contributed by atoms with E-state index in [-0.39, 0.29) is 36.4 Å². The second kappa shape index (κ2) is 13.4. The molecule has 0 aromatic carbocycles. The van der Waals surface area contributed by atoms with Crippen molar-refractivity contribution in [2.75, 3.05) is 46.8 Å². The summed E-state index contributed by atoms with van der Waals surface area (Å²) in [5, 5.41) is 8.49. The largest absolute Gasteiger partial charge is 0.401 e. The van der Waals surface area contributed by atoms with E-state index >= 15 is 0 Å². The smallest absolute Gasteiger partial charge is 0.356 e. The molecule has 0 spiro atoms. The summed E-state index contributed by atoms with van der Waals surface area (Å²) >= 11 is 1.64. The van der Waals surface area contributed by atoms with Crippen LogP contribution in [-0.4, -0.2) is 74.7 Å². The molecule has 30 heavy (non-hydrogen) atoms. The standard InChI is InChI=1S/C19H30F3N5OS.HI/c1-26(2)17(28)13-25-18(24-12-16-4-3-11-29-16)23-8-5-15-6-9-27(10-7-15)14-19(20,21)22;/h3-4,11,15H,5-10,12-14H2,1-2H3,(H2,23,24,25);1H. The van der Waals surface area contributed by atoms with E-state index in [1.165, 1.54) is 9.80 Å². The van der Waals surface area contributed by atoms with E-state index in [1.807, 2.05) is 17.5 Å². The molecule has 1 aromatic heterocycles. The summed E-state index contributed by atoms with van der Waals surface area (Å²) in [6.45, 7) is 1.49. The summed E-state index contributed by atoms with van der Waals surface area (Å²) in [6.07, 6.45) is -1.73. The number of nitrogens with zero attached hydrogens (tertiary/aromatic N) is 3. The molecule has 1 fully saturated rings. The van der Waals surface area contributed by atoms with Crippen LogP contribution in [0.2, 0.25) is 0 Å². The third-order valence-corrected chi connectivity index (χ3v) is 5.71. The van der Waals surface area contributed by atoms with Crippen LogP contribution in [-0.2, 0) is 11.3 Å². The molecule has 172 valence electrons. The van der Waals surface area contributed by atoms with Gasteiger partial charge in [0.05, 0.1) is 13.1 Å². The fraction of sp³-hybridized carbons (Fsp3) is 0.684. The van der Waals surface area contributed by atoms with Crippen LogP contribution in [0.15, 0.2) is 22.5 Å².